The standard InChI is InChI=1S/C36H34ClF4N9O5S/c1-34(2,17-43-28(52)29(53)46-33-45-26-24(54-3)5-4-6-25(26)56-33)16-42-27(51)22-12-11-21(15-23(22)38)44-30-47-31(49-32(48-30)55-18-36(39,40)41)50-35(13-14-35)19-7-9-20(37)10-8-19/h4-12,15H,13-14,16-18H2,1-3H3,(H,42,51)(H,43,52)(H,45,46,53)(H2,44,47,48,49,50). The van der Waals surface area contributed by atoms with Crippen LogP contribution in [0.1, 0.15) is 42.6 Å². The summed E-state index contributed by atoms with van der Waals surface area (Å²) in [6.45, 7) is 1.76. The molecule has 0 atom stereocenters. The van der Waals surface area contributed by atoms with Gasteiger partial charge in [0.25, 0.3) is 5.91 Å². The van der Waals surface area contributed by atoms with Gasteiger partial charge in [0, 0.05) is 23.8 Å². The predicted octanol–water partition coefficient (Wildman–Crippen LogP) is 6.58. The molecule has 1 fully saturated rings. The molecule has 1 saturated carbocycles. The fraction of sp³-hybridized carbons (Fsp3) is 0.306. The number of methoxy groups -OCH3 is 1. The smallest absolute Gasteiger partial charge is 0.422 e. The quantitative estimate of drug-likeness (QED) is 0.0604. The molecule has 5 aromatic rings. The highest BCUT2D eigenvalue weighted by molar-refractivity contribution is 7.22. The minimum Gasteiger partial charge on any atom is -0.494 e. The van der Waals surface area contributed by atoms with E-state index < -0.39 is 53.3 Å². The Hall–Kier alpha value is -5.82. The van der Waals surface area contributed by atoms with E-state index in [0.717, 1.165) is 16.3 Å². The second kappa shape index (κ2) is 16.1. The Kier molecular flexibility index (Phi) is 11.5. The van der Waals surface area contributed by atoms with Gasteiger partial charge in [-0.1, -0.05) is 55.0 Å². The van der Waals surface area contributed by atoms with Gasteiger partial charge in [0.2, 0.25) is 11.9 Å². The minimum atomic E-state index is -4.66. The predicted molar refractivity (Wildman–Crippen MR) is 201 cm³/mol. The van der Waals surface area contributed by atoms with Crippen LogP contribution in [0.3, 0.4) is 0 Å². The molecule has 6 rings (SSSR count). The van der Waals surface area contributed by atoms with E-state index in [2.05, 4.69) is 46.5 Å². The molecule has 56 heavy (non-hydrogen) atoms. The topological polar surface area (TPSA) is 181 Å². The number of carbonyl (C=O) groups excluding carboxylic acids is 3. The molecule has 2 aromatic heterocycles. The van der Waals surface area contributed by atoms with E-state index in [4.69, 9.17) is 21.1 Å². The number of fused-ring (bicyclic) bond motifs is 1. The van der Waals surface area contributed by atoms with Crippen LogP contribution in [0, 0.1) is 11.2 Å². The van der Waals surface area contributed by atoms with Gasteiger partial charge < -0.3 is 30.7 Å². The number of amides is 3. The zero-order valence-electron chi connectivity index (χ0n) is 29.9. The molecule has 2 heterocycles. The van der Waals surface area contributed by atoms with Crippen molar-refractivity contribution in [2.75, 3.05) is 42.8 Å². The first-order valence-electron chi connectivity index (χ1n) is 16.9. The van der Waals surface area contributed by atoms with Gasteiger partial charge in [-0.15, -0.1) is 0 Å². The number of hydrogen-bond acceptors (Lipinski definition) is 12. The van der Waals surface area contributed by atoms with E-state index >= 15 is 4.39 Å². The van der Waals surface area contributed by atoms with E-state index in [1.807, 2.05) is 12.1 Å². The summed E-state index contributed by atoms with van der Waals surface area (Å²) in [6.07, 6.45) is -3.30. The van der Waals surface area contributed by atoms with Crippen LogP contribution in [-0.2, 0) is 15.1 Å². The van der Waals surface area contributed by atoms with Gasteiger partial charge in [-0.25, -0.2) is 9.37 Å². The highest BCUT2D eigenvalue weighted by atomic mass is 35.5. The average Bonchev–Trinajstić information content (AvgIpc) is 3.80. The number of alkyl halides is 3. The van der Waals surface area contributed by atoms with Crippen molar-refractivity contribution in [1.29, 1.82) is 0 Å². The molecule has 14 nitrogen and oxygen atoms in total. The Morgan fingerprint density at radius 1 is 0.911 bits per heavy atom. The number of ether oxygens (including phenoxy) is 2. The molecule has 0 aliphatic heterocycles. The Labute approximate surface area is 325 Å². The zero-order chi connectivity index (χ0) is 40.3. The third kappa shape index (κ3) is 10.1. The van der Waals surface area contributed by atoms with E-state index in [1.54, 1.807) is 44.2 Å². The number of rotatable bonds is 14. The number of hydrogen-bond donors (Lipinski definition) is 5. The fourth-order valence-electron chi connectivity index (χ4n) is 5.35. The zero-order valence-corrected chi connectivity index (χ0v) is 31.5. The van der Waals surface area contributed by atoms with Crippen molar-refractivity contribution in [2.45, 2.75) is 38.4 Å². The van der Waals surface area contributed by atoms with E-state index in [9.17, 15) is 27.6 Å². The van der Waals surface area contributed by atoms with Gasteiger partial charge in [-0.05, 0) is 66.3 Å². The molecule has 294 valence electrons. The van der Waals surface area contributed by atoms with Gasteiger partial charge in [0.1, 0.15) is 17.1 Å². The van der Waals surface area contributed by atoms with E-state index in [-0.39, 0.29) is 41.4 Å². The van der Waals surface area contributed by atoms with Crippen molar-refractivity contribution in [2.24, 2.45) is 5.41 Å². The number of nitrogens with zero attached hydrogens (tertiary/aromatic N) is 4. The first-order chi connectivity index (χ1) is 26.5. The molecular formula is C36H34ClF4N9O5S. The fourth-order valence-corrected chi connectivity index (χ4v) is 6.36. The Balaban J connectivity index is 1.05. The van der Waals surface area contributed by atoms with Gasteiger partial charge in [-0.2, -0.15) is 28.1 Å². The van der Waals surface area contributed by atoms with Gasteiger partial charge in [0.15, 0.2) is 11.7 Å². The van der Waals surface area contributed by atoms with Crippen LogP contribution in [0.4, 0.5) is 40.3 Å². The number of halogens is 5. The first kappa shape index (κ1) is 39.9. The minimum absolute atomic E-state index is 0.0102. The maximum absolute atomic E-state index is 15.3. The summed E-state index contributed by atoms with van der Waals surface area (Å²) >= 11 is 7.20. The van der Waals surface area contributed by atoms with Crippen molar-refractivity contribution in [3.63, 3.8) is 0 Å². The van der Waals surface area contributed by atoms with Gasteiger partial charge in [-0.3, -0.25) is 19.7 Å². The second-order valence-corrected chi connectivity index (χ2v) is 15.0. The lowest BCUT2D eigenvalue weighted by atomic mass is 9.93. The molecule has 3 aromatic carbocycles. The van der Waals surface area contributed by atoms with Crippen molar-refractivity contribution in [3.8, 4) is 11.8 Å². The van der Waals surface area contributed by atoms with Crippen molar-refractivity contribution >= 4 is 73.6 Å². The highest BCUT2D eigenvalue weighted by Crippen LogP contribution is 2.48. The third-order valence-electron chi connectivity index (χ3n) is 8.43. The van der Waals surface area contributed by atoms with Gasteiger partial charge in [0.05, 0.1) is 22.9 Å². The summed E-state index contributed by atoms with van der Waals surface area (Å²) < 4.78 is 65.0. The molecule has 0 saturated heterocycles. The number of aromatic nitrogens is 4. The number of anilines is 4. The van der Waals surface area contributed by atoms with Crippen LogP contribution in [0.15, 0.2) is 60.7 Å². The molecule has 0 radical (unpaired) electrons. The molecular weight excluding hydrogens is 782 g/mol. The molecule has 0 spiro atoms. The Morgan fingerprint density at radius 3 is 2.30 bits per heavy atom. The van der Waals surface area contributed by atoms with Crippen LogP contribution >= 0.6 is 22.9 Å². The first-order valence-corrected chi connectivity index (χ1v) is 18.1. The Bertz CT molecular complexity index is 2270. The van der Waals surface area contributed by atoms with Crippen LogP contribution in [0.2, 0.25) is 5.02 Å². The average molecular weight is 816 g/mol. The lowest BCUT2D eigenvalue weighted by molar-refractivity contribution is -0.154. The molecule has 0 bridgehead atoms. The normalized spacial score (nSPS) is 13.4. The summed E-state index contributed by atoms with van der Waals surface area (Å²) in [5.41, 5.74) is -0.187. The molecule has 1 aliphatic carbocycles. The summed E-state index contributed by atoms with van der Waals surface area (Å²) in [5, 5.41) is 14.2. The number of benzene rings is 3. The second-order valence-electron chi connectivity index (χ2n) is 13.5. The van der Waals surface area contributed by atoms with Crippen LogP contribution < -0.4 is 36.1 Å². The number of para-hydroxylation sites is 1. The van der Waals surface area contributed by atoms with Crippen LogP contribution in [-0.4, -0.2) is 70.6 Å². The maximum Gasteiger partial charge on any atom is 0.422 e. The summed E-state index contributed by atoms with van der Waals surface area (Å²) in [6, 6.07) is 15.3. The molecule has 3 amide bonds. The monoisotopic (exact) mass is 815 g/mol. The molecule has 20 heteroatoms. The number of carbonyl (C=O) groups is 3. The maximum atomic E-state index is 15.3. The van der Waals surface area contributed by atoms with Crippen LogP contribution in [0.25, 0.3) is 10.2 Å². The molecule has 5 N–H and O–H groups in total. The van der Waals surface area contributed by atoms with Crippen LogP contribution in [0.5, 0.6) is 11.8 Å². The van der Waals surface area contributed by atoms with Gasteiger partial charge >= 0.3 is 24.0 Å². The lowest BCUT2D eigenvalue weighted by Crippen LogP contribution is -2.45. The van der Waals surface area contributed by atoms with Crippen molar-refractivity contribution in [1.82, 2.24) is 30.6 Å². The summed E-state index contributed by atoms with van der Waals surface area (Å²) in [5.74, 6) is -3.35. The molecule has 1 aliphatic rings. The van der Waals surface area contributed by atoms with E-state index in [1.165, 1.54) is 30.6 Å². The van der Waals surface area contributed by atoms with E-state index in [0.29, 0.717) is 29.1 Å². The number of nitrogens with one attached hydrogen (secondary N) is 5. The Morgan fingerprint density at radius 2 is 1.62 bits per heavy atom. The van der Waals surface area contributed by atoms with Crippen molar-refractivity contribution in [3.05, 3.63) is 82.6 Å². The van der Waals surface area contributed by atoms with Crippen molar-refractivity contribution < 1.29 is 41.4 Å². The largest absolute Gasteiger partial charge is 0.494 e. The SMILES string of the molecule is COc1cccc2sc(NC(=O)C(=O)NCC(C)(C)CNC(=O)c3ccc(Nc4nc(NC5(c6ccc(Cl)cc6)CC5)nc(OCC(F)(F)F)n4)cc3F)nc12. The summed E-state index contributed by atoms with van der Waals surface area (Å²) in [7, 11) is 1.50. The lowest BCUT2D eigenvalue weighted by Gasteiger charge is -2.25. The molecule has 0 unspecified atom stereocenters. The third-order valence-corrected chi connectivity index (χ3v) is 9.62. The summed E-state index contributed by atoms with van der Waals surface area (Å²) in [4.78, 5) is 54.6. The number of thiazole rings is 1. The highest BCUT2D eigenvalue weighted by Gasteiger charge is 2.45.